The van der Waals surface area contributed by atoms with Crippen molar-refractivity contribution in [1.82, 2.24) is 5.32 Å². The summed E-state index contributed by atoms with van der Waals surface area (Å²) in [4.78, 5) is 36.7. The molecule has 6 nitrogen and oxygen atoms in total. The summed E-state index contributed by atoms with van der Waals surface area (Å²) in [5.74, 6) is -0.762. The molecule has 1 heterocycles. The van der Waals surface area contributed by atoms with Crippen LogP contribution in [0.25, 0.3) is 0 Å². The van der Waals surface area contributed by atoms with Gasteiger partial charge in [0, 0.05) is 12.5 Å². The van der Waals surface area contributed by atoms with E-state index in [-0.39, 0.29) is 18.6 Å². The van der Waals surface area contributed by atoms with Gasteiger partial charge in [0.25, 0.3) is 5.91 Å². The van der Waals surface area contributed by atoms with E-state index in [0.717, 1.165) is 24.0 Å². The van der Waals surface area contributed by atoms with Gasteiger partial charge in [-0.25, -0.2) is 9.59 Å². The quantitative estimate of drug-likeness (QED) is 0.762. The van der Waals surface area contributed by atoms with Crippen LogP contribution >= 0.6 is 0 Å². The second kappa shape index (κ2) is 8.07. The molecular formula is C23H23NO5. The molecule has 2 aliphatic rings. The first-order valence-corrected chi connectivity index (χ1v) is 9.86. The number of cyclic esters (lactones) is 1. The lowest BCUT2D eigenvalue weighted by atomic mass is 9.93. The normalized spacial score (nSPS) is 18.9. The van der Waals surface area contributed by atoms with Crippen LogP contribution in [-0.4, -0.2) is 30.5 Å². The van der Waals surface area contributed by atoms with Crippen molar-refractivity contribution < 1.29 is 23.9 Å². The van der Waals surface area contributed by atoms with E-state index in [4.69, 9.17) is 9.47 Å². The summed E-state index contributed by atoms with van der Waals surface area (Å²) in [5.41, 5.74) is 2.40. The molecule has 1 aliphatic carbocycles. The number of nitrogens with one attached hydrogen (secondary N) is 1. The monoisotopic (exact) mass is 393 g/mol. The summed E-state index contributed by atoms with van der Waals surface area (Å²) < 4.78 is 10.7. The van der Waals surface area contributed by atoms with Crippen LogP contribution in [0.15, 0.2) is 48.5 Å². The first kappa shape index (κ1) is 19.2. The molecule has 0 saturated heterocycles. The van der Waals surface area contributed by atoms with Crippen molar-refractivity contribution >= 4 is 17.8 Å². The number of fused-ring (bicyclic) bond motifs is 1. The minimum Gasteiger partial charge on any atom is -0.454 e. The van der Waals surface area contributed by atoms with Crippen LogP contribution in [-0.2, 0) is 20.7 Å². The van der Waals surface area contributed by atoms with Crippen molar-refractivity contribution in [1.29, 1.82) is 0 Å². The number of hydrogen-bond donors (Lipinski definition) is 1. The summed E-state index contributed by atoms with van der Waals surface area (Å²) >= 11 is 0. The third-order valence-corrected chi connectivity index (χ3v) is 5.44. The van der Waals surface area contributed by atoms with Crippen LogP contribution in [0.5, 0.6) is 0 Å². The lowest BCUT2D eigenvalue weighted by Gasteiger charge is -2.25. The van der Waals surface area contributed by atoms with Crippen molar-refractivity contribution in [2.24, 2.45) is 5.92 Å². The van der Waals surface area contributed by atoms with Crippen molar-refractivity contribution in [2.45, 2.75) is 38.3 Å². The molecule has 2 atom stereocenters. The van der Waals surface area contributed by atoms with Gasteiger partial charge in [-0.15, -0.1) is 0 Å². The van der Waals surface area contributed by atoms with E-state index in [1.54, 1.807) is 12.1 Å². The van der Waals surface area contributed by atoms with Crippen LogP contribution < -0.4 is 5.32 Å². The average Bonchev–Trinajstić information content (AvgIpc) is 3.57. The number of esters is 2. The van der Waals surface area contributed by atoms with E-state index >= 15 is 0 Å². The molecule has 150 valence electrons. The Balaban J connectivity index is 1.41. The molecule has 1 amide bonds. The molecule has 1 N–H and O–H groups in total. The highest BCUT2D eigenvalue weighted by Gasteiger charge is 2.30. The predicted molar refractivity (Wildman–Crippen MR) is 105 cm³/mol. The highest BCUT2D eigenvalue weighted by atomic mass is 16.5. The number of ether oxygens (including phenoxy) is 2. The third kappa shape index (κ3) is 4.47. The van der Waals surface area contributed by atoms with Gasteiger partial charge < -0.3 is 14.8 Å². The smallest absolute Gasteiger partial charge is 0.339 e. The molecule has 0 unspecified atom stereocenters. The minimum atomic E-state index is -0.586. The van der Waals surface area contributed by atoms with E-state index in [1.165, 1.54) is 6.07 Å². The summed E-state index contributed by atoms with van der Waals surface area (Å²) in [6, 6.07) is 14.3. The zero-order chi connectivity index (χ0) is 20.4. The first-order valence-electron chi connectivity index (χ1n) is 9.86. The van der Waals surface area contributed by atoms with Gasteiger partial charge in [-0.3, -0.25) is 4.79 Å². The topological polar surface area (TPSA) is 81.7 Å². The fourth-order valence-corrected chi connectivity index (χ4v) is 3.60. The van der Waals surface area contributed by atoms with E-state index in [9.17, 15) is 14.4 Å². The minimum absolute atomic E-state index is 0.103. The maximum atomic E-state index is 12.4. The third-order valence-electron chi connectivity index (χ3n) is 5.44. The van der Waals surface area contributed by atoms with Gasteiger partial charge in [0.05, 0.1) is 11.1 Å². The number of benzene rings is 2. The van der Waals surface area contributed by atoms with Crippen LogP contribution in [0.2, 0.25) is 0 Å². The standard InChI is InChI=1S/C23H23NO5/c1-14(15-7-8-15)24-21(25)13-28-22(26)17-9-10-19-18(11-17)12-20(29-23(19)27)16-5-3-2-4-6-16/h2-6,9-11,14-15,20H,7-8,12-13H2,1H3,(H,24,25)/t14-,20-/m0/s1. The molecule has 29 heavy (non-hydrogen) atoms. The SMILES string of the molecule is C[C@H](NC(=O)COC(=O)c1ccc2c(c1)C[C@@H](c1ccccc1)OC2=O)C1CC1. The van der Waals surface area contributed by atoms with Crippen molar-refractivity contribution in [3.05, 3.63) is 70.8 Å². The Morgan fingerprint density at radius 3 is 2.66 bits per heavy atom. The number of carbonyl (C=O) groups is 3. The van der Waals surface area contributed by atoms with Gasteiger partial charge >= 0.3 is 11.9 Å². The number of carbonyl (C=O) groups excluding carboxylic acids is 3. The molecule has 4 rings (SSSR count). The Hall–Kier alpha value is -3.15. The summed E-state index contributed by atoms with van der Waals surface area (Å²) in [6.45, 7) is 1.64. The Morgan fingerprint density at radius 1 is 1.17 bits per heavy atom. The second-order valence-corrected chi connectivity index (χ2v) is 7.65. The zero-order valence-electron chi connectivity index (χ0n) is 16.2. The lowest BCUT2D eigenvalue weighted by Crippen LogP contribution is -2.37. The molecule has 6 heteroatoms. The van der Waals surface area contributed by atoms with Gasteiger partial charge in [0.15, 0.2) is 6.61 Å². The predicted octanol–water partition coefficient (Wildman–Crippen LogP) is 3.21. The van der Waals surface area contributed by atoms with Crippen LogP contribution in [0.4, 0.5) is 0 Å². The number of amides is 1. The lowest BCUT2D eigenvalue weighted by molar-refractivity contribution is -0.124. The molecule has 2 aromatic rings. The Kier molecular flexibility index (Phi) is 5.34. The highest BCUT2D eigenvalue weighted by molar-refractivity contribution is 5.96. The molecule has 0 radical (unpaired) electrons. The number of hydrogen-bond acceptors (Lipinski definition) is 5. The van der Waals surface area contributed by atoms with Crippen molar-refractivity contribution in [3.63, 3.8) is 0 Å². The Bertz CT molecular complexity index is 936. The van der Waals surface area contributed by atoms with Crippen molar-refractivity contribution in [3.8, 4) is 0 Å². The fourth-order valence-electron chi connectivity index (χ4n) is 3.60. The molecule has 1 aliphatic heterocycles. The van der Waals surface area contributed by atoms with E-state index < -0.39 is 18.0 Å². The molecule has 1 fully saturated rings. The largest absolute Gasteiger partial charge is 0.454 e. The number of rotatable bonds is 6. The van der Waals surface area contributed by atoms with Crippen LogP contribution in [0.1, 0.15) is 57.7 Å². The maximum absolute atomic E-state index is 12.4. The zero-order valence-corrected chi connectivity index (χ0v) is 16.2. The molecule has 0 aromatic heterocycles. The average molecular weight is 393 g/mol. The molecule has 1 saturated carbocycles. The Labute approximate surface area is 169 Å². The van der Waals surface area contributed by atoms with Crippen LogP contribution in [0.3, 0.4) is 0 Å². The van der Waals surface area contributed by atoms with E-state index in [2.05, 4.69) is 5.32 Å². The van der Waals surface area contributed by atoms with Gasteiger partial charge in [0.1, 0.15) is 6.10 Å². The van der Waals surface area contributed by atoms with Gasteiger partial charge in [0.2, 0.25) is 0 Å². The van der Waals surface area contributed by atoms with E-state index in [0.29, 0.717) is 23.5 Å². The Morgan fingerprint density at radius 2 is 1.93 bits per heavy atom. The van der Waals surface area contributed by atoms with Gasteiger partial charge in [-0.1, -0.05) is 30.3 Å². The molecule has 0 bridgehead atoms. The molecular weight excluding hydrogens is 370 g/mol. The van der Waals surface area contributed by atoms with Crippen LogP contribution in [0, 0.1) is 5.92 Å². The first-order chi connectivity index (χ1) is 14.0. The molecule has 2 aromatic carbocycles. The van der Waals surface area contributed by atoms with Crippen molar-refractivity contribution in [2.75, 3.05) is 6.61 Å². The van der Waals surface area contributed by atoms with Gasteiger partial charge in [-0.2, -0.15) is 0 Å². The highest BCUT2D eigenvalue weighted by Crippen LogP contribution is 2.32. The molecule has 0 spiro atoms. The van der Waals surface area contributed by atoms with E-state index in [1.807, 2.05) is 37.3 Å². The summed E-state index contributed by atoms with van der Waals surface area (Å²) in [5, 5.41) is 2.85. The maximum Gasteiger partial charge on any atom is 0.339 e. The summed E-state index contributed by atoms with van der Waals surface area (Å²) in [7, 11) is 0. The van der Waals surface area contributed by atoms with Gasteiger partial charge in [-0.05, 0) is 55.0 Å². The second-order valence-electron chi connectivity index (χ2n) is 7.65. The summed E-state index contributed by atoms with van der Waals surface area (Å²) in [6.07, 6.45) is 2.34. The fraction of sp³-hybridized carbons (Fsp3) is 0.348.